The SMILES string of the molecule is COc1ccc(COCc2cccc(NC(=O)C(C)C(C)N)c2)cc1. The Bertz CT molecular complexity index is 684. The van der Waals surface area contributed by atoms with Crippen LogP contribution in [0.1, 0.15) is 25.0 Å². The van der Waals surface area contributed by atoms with Gasteiger partial charge in [0.05, 0.1) is 26.2 Å². The highest BCUT2D eigenvalue weighted by atomic mass is 16.5. The van der Waals surface area contributed by atoms with Crippen LogP contribution in [0, 0.1) is 5.92 Å². The van der Waals surface area contributed by atoms with E-state index in [1.165, 1.54) is 0 Å². The molecule has 134 valence electrons. The number of carbonyl (C=O) groups excluding carboxylic acids is 1. The van der Waals surface area contributed by atoms with Crippen LogP contribution < -0.4 is 15.8 Å². The molecule has 2 rings (SSSR count). The molecule has 0 aliphatic heterocycles. The van der Waals surface area contributed by atoms with Gasteiger partial charge in [-0.2, -0.15) is 0 Å². The van der Waals surface area contributed by atoms with Gasteiger partial charge in [0.1, 0.15) is 5.75 Å². The van der Waals surface area contributed by atoms with Crippen LogP contribution in [0.2, 0.25) is 0 Å². The highest BCUT2D eigenvalue weighted by Crippen LogP contribution is 2.15. The lowest BCUT2D eigenvalue weighted by molar-refractivity contribution is -0.119. The quantitative estimate of drug-likeness (QED) is 0.772. The lowest BCUT2D eigenvalue weighted by atomic mass is 10.0. The van der Waals surface area contributed by atoms with Crippen LogP contribution in [-0.4, -0.2) is 19.1 Å². The summed E-state index contributed by atoms with van der Waals surface area (Å²) in [6, 6.07) is 15.2. The molecule has 0 aromatic heterocycles. The van der Waals surface area contributed by atoms with Crippen molar-refractivity contribution in [3.8, 4) is 5.75 Å². The molecule has 0 heterocycles. The van der Waals surface area contributed by atoms with Gasteiger partial charge < -0.3 is 20.5 Å². The molecule has 0 aliphatic carbocycles. The van der Waals surface area contributed by atoms with Crippen LogP contribution in [0.3, 0.4) is 0 Å². The zero-order valence-corrected chi connectivity index (χ0v) is 15.0. The third-order valence-corrected chi connectivity index (χ3v) is 4.09. The highest BCUT2D eigenvalue weighted by Gasteiger charge is 2.16. The van der Waals surface area contributed by atoms with Gasteiger partial charge in [-0.3, -0.25) is 4.79 Å². The second-order valence-electron chi connectivity index (χ2n) is 6.18. The molecule has 0 spiro atoms. The van der Waals surface area contributed by atoms with E-state index < -0.39 is 0 Å². The van der Waals surface area contributed by atoms with Gasteiger partial charge in [-0.25, -0.2) is 0 Å². The third kappa shape index (κ3) is 5.89. The van der Waals surface area contributed by atoms with Crippen LogP contribution in [0.5, 0.6) is 5.75 Å². The standard InChI is InChI=1S/C20H26N2O3/c1-14(15(2)21)20(23)22-18-6-4-5-17(11-18)13-25-12-16-7-9-19(24-3)10-8-16/h4-11,14-15H,12-13,21H2,1-3H3,(H,22,23). The Hall–Kier alpha value is -2.37. The minimum Gasteiger partial charge on any atom is -0.497 e. The Balaban J connectivity index is 1.87. The first-order valence-corrected chi connectivity index (χ1v) is 8.35. The van der Waals surface area contributed by atoms with Crippen molar-refractivity contribution in [3.63, 3.8) is 0 Å². The fraction of sp³-hybridized carbons (Fsp3) is 0.350. The minimum absolute atomic E-state index is 0.0775. The molecular formula is C20H26N2O3. The summed E-state index contributed by atoms with van der Waals surface area (Å²) >= 11 is 0. The van der Waals surface area contributed by atoms with E-state index in [1.54, 1.807) is 7.11 Å². The number of ether oxygens (including phenoxy) is 2. The monoisotopic (exact) mass is 342 g/mol. The van der Waals surface area contributed by atoms with Crippen molar-refractivity contribution in [1.82, 2.24) is 0 Å². The summed E-state index contributed by atoms with van der Waals surface area (Å²) in [7, 11) is 1.65. The molecule has 0 aliphatic rings. The Morgan fingerprint density at radius 1 is 1.08 bits per heavy atom. The van der Waals surface area contributed by atoms with Crippen molar-refractivity contribution in [2.45, 2.75) is 33.1 Å². The average molecular weight is 342 g/mol. The van der Waals surface area contributed by atoms with Crippen molar-refractivity contribution >= 4 is 11.6 Å². The molecule has 25 heavy (non-hydrogen) atoms. The van der Waals surface area contributed by atoms with Crippen molar-refractivity contribution in [1.29, 1.82) is 0 Å². The molecule has 0 saturated carbocycles. The number of hydrogen-bond acceptors (Lipinski definition) is 4. The van der Waals surface area contributed by atoms with E-state index in [0.29, 0.717) is 13.2 Å². The van der Waals surface area contributed by atoms with E-state index in [2.05, 4.69) is 5.32 Å². The highest BCUT2D eigenvalue weighted by molar-refractivity contribution is 5.92. The fourth-order valence-corrected chi connectivity index (χ4v) is 2.24. The van der Waals surface area contributed by atoms with Crippen molar-refractivity contribution < 1.29 is 14.3 Å². The molecule has 5 heteroatoms. The van der Waals surface area contributed by atoms with Crippen LogP contribution in [-0.2, 0) is 22.7 Å². The van der Waals surface area contributed by atoms with Crippen LogP contribution >= 0.6 is 0 Å². The van der Waals surface area contributed by atoms with E-state index >= 15 is 0 Å². The zero-order valence-electron chi connectivity index (χ0n) is 15.0. The molecule has 3 N–H and O–H groups in total. The van der Waals surface area contributed by atoms with Crippen molar-refractivity contribution in [2.24, 2.45) is 11.7 Å². The second kappa shape index (κ2) is 9.20. The second-order valence-corrected chi connectivity index (χ2v) is 6.18. The number of nitrogens with two attached hydrogens (primary N) is 1. The Labute approximate surface area is 149 Å². The summed E-state index contributed by atoms with van der Waals surface area (Å²) in [5.74, 6) is 0.509. The first-order valence-electron chi connectivity index (χ1n) is 8.35. The maximum absolute atomic E-state index is 12.1. The fourth-order valence-electron chi connectivity index (χ4n) is 2.24. The molecule has 5 nitrogen and oxygen atoms in total. The summed E-state index contributed by atoms with van der Waals surface area (Å²) in [5.41, 5.74) is 8.60. The number of benzene rings is 2. The smallest absolute Gasteiger partial charge is 0.228 e. The third-order valence-electron chi connectivity index (χ3n) is 4.09. The maximum Gasteiger partial charge on any atom is 0.228 e. The molecule has 1 amide bonds. The van der Waals surface area contributed by atoms with Gasteiger partial charge >= 0.3 is 0 Å². The Kier molecular flexibility index (Phi) is 6.98. The minimum atomic E-state index is -0.241. The summed E-state index contributed by atoms with van der Waals surface area (Å²) in [6.07, 6.45) is 0. The summed E-state index contributed by atoms with van der Waals surface area (Å²) in [6.45, 7) is 4.64. The van der Waals surface area contributed by atoms with Gasteiger partial charge in [0.25, 0.3) is 0 Å². The zero-order chi connectivity index (χ0) is 18.2. The number of amides is 1. The van der Waals surface area contributed by atoms with Crippen molar-refractivity contribution in [3.05, 3.63) is 59.7 Å². The van der Waals surface area contributed by atoms with Gasteiger partial charge in [0.2, 0.25) is 5.91 Å². The van der Waals surface area contributed by atoms with E-state index in [-0.39, 0.29) is 17.9 Å². The van der Waals surface area contributed by atoms with Crippen LogP contribution in [0.15, 0.2) is 48.5 Å². The van der Waals surface area contributed by atoms with Gasteiger partial charge in [0, 0.05) is 11.7 Å². The lowest BCUT2D eigenvalue weighted by Gasteiger charge is -2.15. The van der Waals surface area contributed by atoms with E-state index in [1.807, 2.05) is 62.4 Å². The number of anilines is 1. The van der Waals surface area contributed by atoms with E-state index in [4.69, 9.17) is 15.2 Å². The normalized spacial score (nSPS) is 13.1. The van der Waals surface area contributed by atoms with Crippen LogP contribution in [0.25, 0.3) is 0 Å². The molecule has 2 aromatic rings. The number of hydrogen-bond donors (Lipinski definition) is 2. The first-order chi connectivity index (χ1) is 12.0. The predicted octanol–water partition coefficient (Wildman–Crippen LogP) is 3.33. The maximum atomic E-state index is 12.1. The summed E-state index contributed by atoms with van der Waals surface area (Å²) in [4.78, 5) is 12.1. The Morgan fingerprint density at radius 3 is 2.40 bits per heavy atom. The molecule has 2 unspecified atom stereocenters. The Morgan fingerprint density at radius 2 is 1.76 bits per heavy atom. The molecular weight excluding hydrogens is 316 g/mol. The number of methoxy groups -OCH3 is 1. The topological polar surface area (TPSA) is 73.6 Å². The van der Waals surface area contributed by atoms with Gasteiger partial charge in [-0.1, -0.05) is 31.2 Å². The van der Waals surface area contributed by atoms with E-state index in [0.717, 1.165) is 22.6 Å². The van der Waals surface area contributed by atoms with Crippen LogP contribution in [0.4, 0.5) is 5.69 Å². The van der Waals surface area contributed by atoms with E-state index in [9.17, 15) is 4.79 Å². The lowest BCUT2D eigenvalue weighted by Crippen LogP contribution is -2.34. The largest absolute Gasteiger partial charge is 0.497 e. The van der Waals surface area contributed by atoms with Crippen molar-refractivity contribution in [2.75, 3.05) is 12.4 Å². The number of carbonyl (C=O) groups is 1. The number of nitrogens with one attached hydrogen (secondary N) is 1. The molecule has 0 fully saturated rings. The molecule has 0 radical (unpaired) electrons. The average Bonchev–Trinajstić information content (AvgIpc) is 2.62. The molecule has 0 bridgehead atoms. The van der Waals surface area contributed by atoms with Gasteiger partial charge in [0.15, 0.2) is 0 Å². The molecule has 0 saturated heterocycles. The number of rotatable bonds is 8. The molecule has 2 aromatic carbocycles. The predicted molar refractivity (Wildman–Crippen MR) is 99.4 cm³/mol. The van der Waals surface area contributed by atoms with Gasteiger partial charge in [-0.15, -0.1) is 0 Å². The summed E-state index contributed by atoms with van der Waals surface area (Å²) in [5, 5.41) is 2.90. The summed E-state index contributed by atoms with van der Waals surface area (Å²) < 4.78 is 10.9. The molecule has 2 atom stereocenters. The van der Waals surface area contributed by atoms with Gasteiger partial charge in [-0.05, 0) is 42.3 Å². The first kappa shape index (κ1) is 19.0.